The fourth-order valence-corrected chi connectivity index (χ4v) is 4.51. The van der Waals surface area contributed by atoms with Gasteiger partial charge in [-0.05, 0) is 57.8 Å². The van der Waals surface area contributed by atoms with Gasteiger partial charge in [-0.15, -0.1) is 0 Å². The molecule has 252 valence electrons. The quantitative estimate of drug-likeness (QED) is 0.0369. The van der Waals surface area contributed by atoms with Crippen molar-refractivity contribution in [2.75, 3.05) is 40.9 Å². The van der Waals surface area contributed by atoms with Gasteiger partial charge in [0.2, 0.25) is 5.91 Å². The summed E-state index contributed by atoms with van der Waals surface area (Å²) in [5.41, 5.74) is 0. The standard InChI is InChI=1S/C35H61N2O6P/c1-6-8-10-12-13-14-15-16-17-18-19-20-21-22-23-25-27-29-35(39)36-33(34(38)28-26-24-11-9-7-2)32-43-44(40,41)42-31-30-37(3,4)5/h8,10,13-14,16-17,19-20,22-23,26,28,33-34,38H,6-7,9,11-12,15,18,21,24-25,27,29-32H2,1-5H3,(H-,36,39,40,41)/p+1/b10-8-,14-13-,17-16-,20-19-,23-22-,28-26+. The largest absolute Gasteiger partial charge is 0.472 e. The van der Waals surface area contributed by atoms with Crippen molar-refractivity contribution in [2.45, 2.75) is 103 Å². The minimum Gasteiger partial charge on any atom is -0.387 e. The van der Waals surface area contributed by atoms with E-state index in [1.165, 1.54) is 0 Å². The fourth-order valence-electron chi connectivity index (χ4n) is 3.78. The summed E-state index contributed by atoms with van der Waals surface area (Å²) in [4.78, 5) is 22.7. The predicted octanol–water partition coefficient (Wildman–Crippen LogP) is 7.73. The molecule has 0 saturated heterocycles. The van der Waals surface area contributed by atoms with Gasteiger partial charge in [-0.1, -0.05) is 99.6 Å². The van der Waals surface area contributed by atoms with Crippen molar-refractivity contribution >= 4 is 13.7 Å². The van der Waals surface area contributed by atoms with Gasteiger partial charge in [-0.25, -0.2) is 4.57 Å². The lowest BCUT2D eigenvalue weighted by molar-refractivity contribution is -0.870. The molecule has 8 nitrogen and oxygen atoms in total. The fraction of sp³-hybridized carbons (Fsp3) is 0.629. The van der Waals surface area contributed by atoms with Crippen molar-refractivity contribution in [3.05, 3.63) is 72.9 Å². The summed E-state index contributed by atoms with van der Waals surface area (Å²) in [5, 5.41) is 13.5. The topological polar surface area (TPSA) is 105 Å². The number of phosphoric ester groups is 1. The molecule has 0 aromatic carbocycles. The van der Waals surface area contributed by atoms with Crippen LogP contribution in [0.25, 0.3) is 0 Å². The lowest BCUT2D eigenvalue weighted by Crippen LogP contribution is -2.45. The van der Waals surface area contributed by atoms with Crippen LogP contribution in [-0.4, -0.2) is 73.4 Å². The van der Waals surface area contributed by atoms with Crippen LogP contribution in [0.5, 0.6) is 0 Å². The second-order valence-corrected chi connectivity index (χ2v) is 13.3. The van der Waals surface area contributed by atoms with E-state index in [0.29, 0.717) is 17.4 Å². The molecule has 0 aromatic rings. The zero-order chi connectivity index (χ0) is 32.9. The van der Waals surface area contributed by atoms with Gasteiger partial charge < -0.3 is 19.8 Å². The van der Waals surface area contributed by atoms with E-state index in [4.69, 9.17) is 9.05 Å². The Morgan fingerprint density at radius 3 is 1.89 bits per heavy atom. The van der Waals surface area contributed by atoms with E-state index in [-0.39, 0.29) is 25.5 Å². The molecule has 44 heavy (non-hydrogen) atoms. The molecule has 0 rings (SSSR count). The van der Waals surface area contributed by atoms with Gasteiger partial charge in [0.25, 0.3) is 0 Å². The molecule has 3 unspecified atom stereocenters. The average Bonchev–Trinajstić information content (AvgIpc) is 2.95. The minimum atomic E-state index is -4.33. The third kappa shape index (κ3) is 28.7. The molecule has 3 atom stereocenters. The van der Waals surface area contributed by atoms with E-state index in [1.807, 2.05) is 27.2 Å². The third-order valence-electron chi connectivity index (χ3n) is 6.43. The number of aliphatic hydroxyl groups is 1. The van der Waals surface area contributed by atoms with E-state index in [0.717, 1.165) is 64.2 Å². The second-order valence-electron chi connectivity index (χ2n) is 11.8. The lowest BCUT2D eigenvalue weighted by Gasteiger charge is -2.25. The van der Waals surface area contributed by atoms with Crippen LogP contribution in [0.15, 0.2) is 72.9 Å². The van der Waals surface area contributed by atoms with E-state index in [1.54, 1.807) is 6.08 Å². The first-order chi connectivity index (χ1) is 21.0. The highest BCUT2D eigenvalue weighted by atomic mass is 31.2. The van der Waals surface area contributed by atoms with Crippen LogP contribution in [0, 0.1) is 0 Å². The van der Waals surface area contributed by atoms with Crippen LogP contribution in [-0.2, 0) is 18.4 Å². The van der Waals surface area contributed by atoms with Crippen LogP contribution in [0.3, 0.4) is 0 Å². The summed E-state index contributed by atoms with van der Waals surface area (Å²) >= 11 is 0. The molecule has 0 bridgehead atoms. The highest BCUT2D eigenvalue weighted by Gasteiger charge is 2.27. The van der Waals surface area contributed by atoms with E-state index in [2.05, 4.69) is 79.9 Å². The van der Waals surface area contributed by atoms with Gasteiger partial charge >= 0.3 is 7.82 Å². The molecule has 3 N–H and O–H groups in total. The van der Waals surface area contributed by atoms with Crippen molar-refractivity contribution in [1.29, 1.82) is 0 Å². The summed E-state index contributed by atoms with van der Waals surface area (Å²) in [7, 11) is 1.51. The van der Waals surface area contributed by atoms with Gasteiger partial charge in [0.05, 0.1) is 39.9 Å². The number of aliphatic hydroxyl groups excluding tert-OH is 1. The summed E-state index contributed by atoms with van der Waals surface area (Å²) in [6.07, 6.45) is 34.4. The van der Waals surface area contributed by atoms with Gasteiger partial charge in [-0.2, -0.15) is 0 Å². The molecule has 0 aliphatic heterocycles. The van der Waals surface area contributed by atoms with Crippen LogP contribution >= 0.6 is 7.82 Å². The highest BCUT2D eigenvalue weighted by Crippen LogP contribution is 2.43. The minimum absolute atomic E-state index is 0.0456. The number of nitrogens with one attached hydrogen (secondary N) is 1. The maximum atomic E-state index is 12.6. The van der Waals surface area contributed by atoms with E-state index < -0.39 is 20.0 Å². The number of likely N-dealkylation sites (N-methyl/N-ethyl adjacent to an activating group) is 1. The van der Waals surface area contributed by atoms with E-state index in [9.17, 15) is 19.4 Å². The summed E-state index contributed by atoms with van der Waals surface area (Å²) in [6.45, 7) is 4.48. The first-order valence-electron chi connectivity index (χ1n) is 16.3. The maximum absolute atomic E-state index is 12.6. The molecule has 0 saturated carbocycles. The van der Waals surface area contributed by atoms with Gasteiger partial charge in [0, 0.05) is 6.42 Å². The number of carbonyl (C=O) groups is 1. The zero-order valence-electron chi connectivity index (χ0n) is 28.1. The number of allylic oxidation sites excluding steroid dienone is 11. The van der Waals surface area contributed by atoms with Crippen molar-refractivity contribution < 1.29 is 32.9 Å². The number of nitrogens with zero attached hydrogens (tertiary/aromatic N) is 1. The molecule has 0 aromatic heterocycles. The summed E-state index contributed by atoms with van der Waals surface area (Å²) < 4.78 is 23.2. The number of rotatable bonds is 27. The smallest absolute Gasteiger partial charge is 0.387 e. The van der Waals surface area contributed by atoms with Crippen LogP contribution in [0.2, 0.25) is 0 Å². The molecular formula is C35H62N2O6P+. The zero-order valence-corrected chi connectivity index (χ0v) is 29.0. The molecule has 0 radical (unpaired) electrons. The first-order valence-corrected chi connectivity index (χ1v) is 17.8. The average molecular weight is 638 g/mol. The molecule has 0 heterocycles. The highest BCUT2D eigenvalue weighted by molar-refractivity contribution is 7.47. The Balaban J connectivity index is 4.55. The second kappa shape index (κ2) is 27.3. The number of hydrogen-bond donors (Lipinski definition) is 3. The number of unbranched alkanes of at least 4 members (excludes halogenated alkanes) is 4. The first kappa shape index (κ1) is 41.9. The Hall–Kier alpha value is -2.06. The van der Waals surface area contributed by atoms with Crippen molar-refractivity contribution in [1.82, 2.24) is 5.32 Å². The Labute approximate surface area is 268 Å². The lowest BCUT2D eigenvalue weighted by atomic mass is 10.1. The predicted molar refractivity (Wildman–Crippen MR) is 184 cm³/mol. The molecule has 0 fully saturated rings. The normalized spacial score (nSPS) is 15.9. The third-order valence-corrected chi connectivity index (χ3v) is 7.42. The molecule has 0 aliphatic carbocycles. The number of quaternary nitrogens is 1. The molecular weight excluding hydrogens is 575 g/mol. The Morgan fingerprint density at radius 1 is 0.795 bits per heavy atom. The maximum Gasteiger partial charge on any atom is 0.472 e. The number of carbonyl (C=O) groups excluding carboxylic acids is 1. The van der Waals surface area contributed by atoms with Gasteiger partial charge in [0.1, 0.15) is 13.2 Å². The summed E-state index contributed by atoms with van der Waals surface area (Å²) in [6, 6.07) is -0.874. The van der Waals surface area contributed by atoms with Crippen LogP contribution in [0.4, 0.5) is 0 Å². The van der Waals surface area contributed by atoms with Crippen molar-refractivity contribution in [2.24, 2.45) is 0 Å². The van der Waals surface area contributed by atoms with Gasteiger partial charge in [0.15, 0.2) is 0 Å². The molecule has 0 aliphatic rings. The van der Waals surface area contributed by atoms with Crippen molar-refractivity contribution in [3.8, 4) is 0 Å². The van der Waals surface area contributed by atoms with Crippen molar-refractivity contribution in [3.63, 3.8) is 0 Å². The molecule has 1 amide bonds. The van der Waals surface area contributed by atoms with Gasteiger partial charge in [-0.3, -0.25) is 13.8 Å². The Morgan fingerprint density at radius 2 is 1.34 bits per heavy atom. The number of phosphoric acid groups is 1. The van der Waals surface area contributed by atoms with E-state index >= 15 is 0 Å². The summed E-state index contributed by atoms with van der Waals surface area (Å²) in [5.74, 6) is -0.247. The number of amides is 1. The molecule has 9 heteroatoms. The molecule has 0 spiro atoms. The monoisotopic (exact) mass is 637 g/mol. The number of hydrogen-bond acceptors (Lipinski definition) is 5. The van der Waals surface area contributed by atoms with Crippen LogP contribution < -0.4 is 5.32 Å². The SMILES string of the molecule is CC/C=C\C/C=C\C/C=C\C/C=C\C/C=C\CCCC(=O)NC(COP(=O)(O)OCC[N+](C)(C)C)C(O)/C=C/CCCCC. The Bertz CT molecular complexity index is 949. The Kier molecular flexibility index (Phi) is 26.0. The van der Waals surface area contributed by atoms with Crippen LogP contribution in [0.1, 0.15) is 90.9 Å².